The van der Waals surface area contributed by atoms with E-state index in [1.54, 1.807) is 13.8 Å². The van der Waals surface area contributed by atoms with Gasteiger partial charge >= 0.3 is 5.97 Å². The summed E-state index contributed by atoms with van der Waals surface area (Å²) in [6.45, 7) is 7.97. The van der Waals surface area contributed by atoms with Crippen LogP contribution in [0.3, 0.4) is 0 Å². The van der Waals surface area contributed by atoms with Crippen LogP contribution in [0.25, 0.3) is 0 Å². The molecular weight excluding hydrogens is 220 g/mol. The number of unbranched alkanes of at least 4 members (excludes halogenated alkanes) is 1. The number of amides is 1. The van der Waals surface area contributed by atoms with E-state index in [2.05, 4.69) is 12.2 Å². The summed E-state index contributed by atoms with van der Waals surface area (Å²) >= 11 is 0. The maximum absolute atomic E-state index is 12.0. The fraction of sp³-hybridized carbons (Fsp3) is 0.833. The van der Waals surface area contributed by atoms with E-state index in [4.69, 9.17) is 5.11 Å². The SMILES string of the molecule is CCCCN(C)C(C)(C)C(=O)NC(C)C(=O)O. The van der Waals surface area contributed by atoms with Crippen LogP contribution in [0.15, 0.2) is 0 Å². The number of likely N-dealkylation sites (N-methyl/N-ethyl adjacent to an activating group) is 1. The quantitative estimate of drug-likeness (QED) is 0.703. The van der Waals surface area contributed by atoms with Crippen LogP contribution in [-0.2, 0) is 9.59 Å². The van der Waals surface area contributed by atoms with Crippen LogP contribution < -0.4 is 5.32 Å². The Bertz CT molecular complexity index is 277. The highest BCUT2D eigenvalue weighted by molar-refractivity contribution is 5.89. The van der Waals surface area contributed by atoms with Crippen LogP contribution in [0.4, 0.5) is 0 Å². The van der Waals surface area contributed by atoms with Gasteiger partial charge in [0.15, 0.2) is 0 Å². The molecule has 0 fully saturated rings. The summed E-state index contributed by atoms with van der Waals surface area (Å²) in [7, 11) is 1.88. The van der Waals surface area contributed by atoms with Crippen molar-refractivity contribution in [2.75, 3.05) is 13.6 Å². The summed E-state index contributed by atoms with van der Waals surface area (Å²) in [5.74, 6) is -1.28. The second-order valence-electron chi connectivity index (χ2n) is 4.87. The summed E-state index contributed by atoms with van der Waals surface area (Å²) in [6, 6.07) is -0.860. The van der Waals surface area contributed by atoms with E-state index < -0.39 is 17.6 Å². The lowest BCUT2D eigenvalue weighted by atomic mass is 10.0. The molecule has 5 nitrogen and oxygen atoms in total. The van der Waals surface area contributed by atoms with E-state index in [1.165, 1.54) is 6.92 Å². The number of carbonyl (C=O) groups excluding carboxylic acids is 1. The van der Waals surface area contributed by atoms with Gasteiger partial charge in [0, 0.05) is 0 Å². The van der Waals surface area contributed by atoms with Crippen molar-refractivity contribution in [3.8, 4) is 0 Å². The molecule has 0 spiro atoms. The van der Waals surface area contributed by atoms with Crippen molar-refractivity contribution >= 4 is 11.9 Å². The highest BCUT2D eigenvalue weighted by atomic mass is 16.4. The third-order valence-corrected chi connectivity index (χ3v) is 3.08. The van der Waals surface area contributed by atoms with Crippen LogP contribution >= 0.6 is 0 Å². The molecule has 0 aliphatic rings. The van der Waals surface area contributed by atoms with E-state index in [9.17, 15) is 9.59 Å². The zero-order valence-corrected chi connectivity index (χ0v) is 11.4. The van der Waals surface area contributed by atoms with Crippen molar-refractivity contribution in [1.82, 2.24) is 10.2 Å². The summed E-state index contributed by atoms with van der Waals surface area (Å²) in [5.41, 5.74) is -0.696. The molecule has 2 N–H and O–H groups in total. The molecule has 0 saturated heterocycles. The number of hydrogen-bond donors (Lipinski definition) is 2. The van der Waals surface area contributed by atoms with Gasteiger partial charge in [-0.25, -0.2) is 0 Å². The highest BCUT2D eigenvalue weighted by Gasteiger charge is 2.33. The first-order valence-electron chi connectivity index (χ1n) is 5.98. The molecule has 17 heavy (non-hydrogen) atoms. The van der Waals surface area contributed by atoms with E-state index >= 15 is 0 Å². The lowest BCUT2D eigenvalue weighted by Crippen LogP contribution is -2.56. The van der Waals surface area contributed by atoms with Crippen molar-refractivity contribution in [3.05, 3.63) is 0 Å². The largest absolute Gasteiger partial charge is 0.480 e. The van der Waals surface area contributed by atoms with Gasteiger partial charge in [0.05, 0.1) is 5.54 Å². The van der Waals surface area contributed by atoms with Gasteiger partial charge in [-0.15, -0.1) is 0 Å². The van der Waals surface area contributed by atoms with Gasteiger partial charge in [0.2, 0.25) is 5.91 Å². The third kappa shape index (κ3) is 4.73. The molecule has 0 heterocycles. The van der Waals surface area contributed by atoms with Crippen molar-refractivity contribution in [2.45, 2.75) is 52.1 Å². The van der Waals surface area contributed by atoms with Crippen LogP contribution in [0, 0.1) is 0 Å². The van der Waals surface area contributed by atoms with Gasteiger partial charge in [0.25, 0.3) is 0 Å². The molecule has 0 saturated carbocycles. The zero-order chi connectivity index (χ0) is 13.6. The smallest absolute Gasteiger partial charge is 0.325 e. The Balaban J connectivity index is 4.47. The first-order chi connectivity index (χ1) is 7.73. The molecule has 1 amide bonds. The van der Waals surface area contributed by atoms with Gasteiger partial charge in [-0.05, 0) is 40.8 Å². The summed E-state index contributed by atoms with van der Waals surface area (Å²) in [5, 5.41) is 11.2. The van der Waals surface area contributed by atoms with E-state index in [-0.39, 0.29) is 5.91 Å². The maximum atomic E-state index is 12.0. The molecule has 5 heteroatoms. The summed E-state index contributed by atoms with van der Waals surface area (Å²) in [6.07, 6.45) is 2.08. The van der Waals surface area contributed by atoms with Gasteiger partial charge in [-0.3, -0.25) is 14.5 Å². The third-order valence-electron chi connectivity index (χ3n) is 3.08. The number of carboxylic acids is 1. The second kappa shape index (κ2) is 6.59. The predicted octanol–water partition coefficient (Wildman–Crippen LogP) is 1.09. The van der Waals surface area contributed by atoms with Crippen LogP contribution in [0.5, 0.6) is 0 Å². The van der Waals surface area contributed by atoms with E-state index in [1.807, 2.05) is 11.9 Å². The number of carboxylic acid groups (broad SMARTS) is 1. The molecule has 1 unspecified atom stereocenters. The Hall–Kier alpha value is -1.10. The van der Waals surface area contributed by atoms with Crippen molar-refractivity contribution in [2.24, 2.45) is 0 Å². The fourth-order valence-electron chi connectivity index (χ4n) is 1.28. The molecule has 0 rings (SSSR count). The second-order valence-corrected chi connectivity index (χ2v) is 4.87. The molecule has 1 atom stereocenters. The average molecular weight is 244 g/mol. The number of rotatable bonds is 7. The molecule has 0 aromatic rings. The van der Waals surface area contributed by atoms with E-state index in [0.717, 1.165) is 19.4 Å². The molecule has 0 radical (unpaired) electrons. The standard InChI is InChI=1S/C12H24N2O3/c1-6-7-8-14(5)12(3,4)11(17)13-9(2)10(15)16/h9H,6-8H2,1-5H3,(H,13,17)(H,15,16). The van der Waals surface area contributed by atoms with Gasteiger partial charge in [-0.1, -0.05) is 13.3 Å². The van der Waals surface area contributed by atoms with Gasteiger partial charge in [0.1, 0.15) is 6.04 Å². The molecular formula is C12H24N2O3. The van der Waals surface area contributed by atoms with Gasteiger partial charge < -0.3 is 10.4 Å². The van der Waals surface area contributed by atoms with Crippen molar-refractivity contribution < 1.29 is 14.7 Å². The predicted molar refractivity (Wildman–Crippen MR) is 66.9 cm³/mol. The van der Waals surface area contributed by atoms with Crippen molar-refractivity contribution in [3.63, 3.8) is 0 Å². The summed E-state index contributed by atoms with van der Waals surface area (Å²) < 4.78 is 0. The van der Waals surface area contributed by atoms with Crippen molar-refractivity contribution in [1.29, 1.82) is 0 Å². The molecule has 100 valence electrons. The Morgan fingerprint density at radius 3 is 2.35 bits per heavy atom. The van der Waals surface area contributed by atoms with Crippen LogP contribution in [-0.4, -0.2) is 47.1 Å². The normalized spacial score (nSPS) is 13.5. The first-order valence-corrected chi connectivity index (χ1v) is 5.98. The number of aliphatic carboxylic acids is 1. The molecule has 0 aromatic heterocycles. The average Bonchev–Trinajstić information content (AvgIpc) is 2.25. The first kappa shape index (κ1) is 15.9. The Kier molecular flexibility index (Phi) is 6.16. The fourth-order valence-corrected chi connectivity index (χ4v) is 1.28. The summed E-state index contributed by atoms with van der Waals surface area (Å²) in [4.78, 5) is 24.6. The molecule has 0 bridgehead atoms. The lowest BCUT2D eigenvalue weighted by Gasteiger charge is -2.34. The minimum atomic E-state index is -1.02. The Morgan fingerprint density at radius 1 is 1.41 bits per heavy atom. The number of nitrogens with zero attached hydrogens (tertiary/aromatic N) is 1. The zero-order valence-electron chi connectivity index (χ0n) is 11.4. The Labute approximate surface area is 103 Å². The molecule has 0 aromatic carbocycles. The highest BCUT2D eigenvalue weighted by Crippen LogP contribution is 2.13. The Morgan fingerprint density at radius 2 is 1.94 bits per heavy atom. The lowest BCUT2D eigenvalue weighted by molar-refractivity contribution is -0.143. The monoisotopic (exact) mass is 244 g/mol. The number of carbonyl (C=O) groups is 2. The molecule has 0 aliphatic carbocycles. The van der Waals surface area contributed by atoms with Crippen LogP contribution in [0.1, 0.15) is 40.5 Å². The number of hydrogen-bond acceptors (Lipinski definition) is 3. The van der Waals surface area contributed by atoms with E-state index in [0.29, 0.717) is 0 Å². The minimum Gasteiger partial charge on any atom is -0.480 e. The van der Waals surface area contributed by atoms with Crippen LogP contribution in [0.2, 0.25) is 0 Å². The number of nitrogens with one attached hydrogen (secondary N) is 1. The molecule has 0 aliphatic heterocycles. The minimum absolute atomic E-state index is 0.258. The maximum Gasteiger partial charge on any atom is 0.325 e. The topological polar surface area (TPSA) is 69.6 Å². The van der Waals surface area contributed by atoms with Gasteiger partial charge in [-0.2, -0.15) is 0 Å².